The summed E-state index contributed by atoms with van der Waals surface area (Å²) in [4.78, 5) is 16.6. The number of para-hydroxylation sites is 1. The van der Waals surface area contributed by atoms with E-state index in [0.29, 0.717) is 36.7 Å². The highest BCUT2D eigenvalue weighted by atomic mass is 16.3. The van der Waals surface area contributed by atoms with E-state index >= 15 is 0 Å². The van der Waals surface area contributed by atoms with Crippen molar-refractivity contribution in [3.8, 4) is 17.0 Å². The molecule has 1 amide bonds. The normalized spacial score (nSPS) is 18.4. The molecule has 0 bridgehead atoms. The van der Waals surface area contributed by atoms with E-state index in [-0.39, 0.29) is 23.6 Å². The van der Waals surface area contributed by atoms with Crippen LogP contribution >= 0.6 is 0 Å². The Morgan fingerprint density at radius 1 is 1.25 bits per heavy atom. The van der Waals surface area contributed by atoms with Gasteiger partial charge in [-0.3, -0.25) is 4.79 Å². The Labute approximate surface area is 165 Å². The van der Waals surface area contributed by atoms with Gasteiger partial charge in [-0.1, -0.05) is 26.0 Å². The lowest BCUT2D eigenvalue weighted by atomic mass is 10.0. The highest BCUT2D eigenvalue weighted by molar-refractivity contribution is 5.82. The molecule has 28 heavy (non-hydrogen) atoms. The average Bonchev–Trinajstić information content (AvgIpc) is 2.67. The van der Waals surface area contributed by atoms with Crippen molar-refractivity contribution >= 4 is 17.4 Å². The number of amides is 1. The minimum atomic E-state index is -0.491. The van der Waals surface area contributed by atoms with Gasteiger partial charge in [-0.25, -0.2) is 0 Å². The van der Waals surface area contributed by atoms with Crippen molar-refractivity contribution in [1.29, 1.82) is 0 Å². The van der Waals surface area contributed by atoms with Crippen molar-refractivity contribution in [2.45, 2.75) is 32.9 Å². The van der Waals surface area contributed by atoms with Crippen molar-refractivity contribution in [1.82, 2.24) is 15.1 Å². The number of nitrogens with two attached hydrogens (primary N) is 2. The Bertz CT molecular complexity index is 856. The Balaban J connectivity index is 1.81. The number of piperazine rings is 1. The van der Waals surface area contributed by atoms with Crippen LogP contribution in [0.1, 0.15) is 20.8 Å². The maximum Gasteiger partial charge on any atom is 0.240 e. The molecule has 0 aliphatic carbocycles. The van der Waals surface area contributed by atoms with Gasteiger partial charge < -0.3 is 26.4 Å². The molecule has 0 radical (unpaired) electrons. The molecule has 3 rings (SSSR count). The largest absolute Gasteiger partial charge is 0.507 e. The van der Waals surface area contributed by atoms with Crippen molar-refractivity contribution < 1.29 is 9.90 Å². The molecule has 1 saturated heterocycles. The first-order chi connectivity index (χ1) is 13.3. The van der Waals surface area contributed by atoms with Gasteiger partial charge in [0.25, 0.3) is 0 Å². The molecule has 5 N–H and O–H groups in total. The highest BCUT2D eigenvalue weighted by Crippen LogP contribution is 2.32. The van der Waals surface area contributed by atoms with Crippen LogP contribution in [-0.4, -0.2) is 57.8 Å². The maximum atomic E-state index is 12.6. The van der Waals surface area contributed by atoms with E-state index in [1.165, 1.54) is 0 Å². The van der Waals surface area contributed by atoms with Gasteiger partial charge in [0.1, 0.15) is 5.75 Å². The summed E-state index contributed by atoms with van der Waals surface area (Å²) in [5, 5.41) is 18.3. The van der Waals surface area contributed by atoms with E-state index in [0.717, 1.165) is 5.69 Å². The second kappa shape index (κ2) is 8.02. The molecule has 1 unspecified atom stereocenters. The third-order valence-corrected chi connectivity index (χ3v) is 5.24. The third-order valence-electron chi connectivity index (χ3n) is 5.24. The highest BCUT2D eigenvalue weighted by Gasteiger charge is 2.32. The quantitative estimate of drug-likeness (QED) is 0.729. The zero-order chi connectivity index (χ0) is 20.4. The second-order valence-electron chi connectivity index (χ2n) is 7.61. The number of phenols is 1. The first-order valence-corrected chi connectivity index (χ1v) is 9.52. The fourth-order valence-corrected chi connectivity index (χ4v) is 3.45. The molecule has 0 spiro atoms. The molecule has 1 aromatic heterocycles. The summed E-state index contributed by atoms with van der Waals surface area (Å²) in [6.45, 7) is 7.71. The van der Waals surface area contributed by atoms with Crippen molar-refractivity contribution in [2.24, 2.45) is 11.7 Å². The monoisotopic (exact) mass is 384 g/mol. The second-order valence-corrected chi connectivity index (χ2v) is 7.61. The number of benzene rings is 1. The molecule has 1 fully saturated rings. The van der Waals surface area contributed by atoms with E-state index in [1.54, 1.807) is 18.2 Å². The van der Waals surface area contributed by atoms with Gasteiger partial charge in [0.05, 0.1) is 17.4 Å². The summed E-state index contributed by atoms with van der Waals surface area (Å²) in [5.41, 5.74) is 14.0. The first kappa shape index (κ1) is 19.9. The standard InChI is InChI=1S/C20H28N6O2/c1-12(2)18(21)20(28)26-9-8-25(11-13(26)3)16-10-15(23-24-19(16)22)14-6-4-5-7-17(14)27/h4-7,10,12-13,18,27H,8-9,11,21H2,1-3H3,(H2,22,24)/t13-,18?/m1/s1. The molecule has 1 aliphatic rings. The summed E-state index contributed by atoms with van der Waals surface area (Å²) in [5.74, 6) is 0.542. The Morgan fingerprint density at radius 2 is 1.96 bits per heavy atom. The van der Waals surface area contributed by atoms with Crippen LogP contribution in [0.3, 0.4) is 0 Å². The lowest BCUT2D eigenvalue weighted by molar-refractivity contribution is -0.136. The van der Waals surface area contributed by atoms with Crippen molar-refractivity contribution in [3.63, 3.8) is 0 Å². The number of phenolic OH excluding ortho intramolecular Hbond substituents is 1. The zero-order valence-electron chi connectivity index (χ0n) is 16.5. The summed E-state index contributed by atoms with van der Waals surface area (Å²) < 4.78 is 0. The summed E-state index contributed by atoms with van der Waals surface area (Å²) in [6, 6.07) is 8.31. The Kier molecular flexibility index (Phi) is 5.69. The van der Waals surface area contributed by atoms with Crippen molar-refractivity contribution in [3.05, 3.63) is 30.3 Å². The number of hydrogen-bond acceptors (Lipinski definition) is 7. The zero-order valence-corrected chi connectivity index (χ0v) is 16.5. The van der Waals surface area contributed by atoms with E-state index in [2.05, 4.69) is 15.1 Å². The number of carbonyl (C=O) groups excluding carboxylic acids is 1. The minimum absolute atomic E-state index is 0.00723. The molecule has 8 nitrogen and oxygen atoms in total. The van der Waals surface area contributed by atoms with Crippen LogP contribution in [0.25, 0.3) is 11.3 Å². The fraction of sp³-hybridized carbons (Fsp3) is 0.450. The number of rotatable bonds is 4. The van der Waals surface area contributed by atoms with Gasteiger partial charge in [-0.2, -0.15) is 0 Å². The van der Waals surface area contributed by atoms with Crippen LogP contribution < -0.4 is 16.4 Å². The molecule has 8 heteroatoms. The van der Waals surface area contributed by atoms with Gasteiger partial charge in [0.15, 0.2) is 5.82 Å². The third kappa shape index (κ3) is 3.87. The molecule has 2 heterocycles. The number of carbonyl (C=O) groups is 1. The van der Waals surface area contributed by atoms with Gasteiger partial charge in [-0.15, -0.1) is 10.2 Å². The van der Waals surface area contributed by atoms with Gasteiger partial charge in [-0.05, 0) is 31.0 Å². The van der Waals surface area contributed by atoms with Gasteiger partial charge >= 0.3 is 0 Å². The Hall–Kier alpha value is -2.87. The van der Waals surface area contributed by atoms with Crippen LogP contribution in [0, 0.1) is 5.92 Å². The summed E-state index contributed by atoms with van der Waals surface area (Å²) in [6.07, 6.45) is 0. The molecule has 1 aromatic carbocycles. The summed E-state index contributed by atoms with van der Waals surface area (Å²) >= 11 is 0. The minimum Gasteiger partial charge on any atom is -0.507 e. The van der Waals surface area contributed by atoms with Crippen LogP contribution in [0.5, 0.6) is 5.75 Å². The predicted octanol–water partition coefficient (Wildman–Crippen LogP) is 1.45. The number of nitrogens with zero attached hydrogens (tertiary/aromatic N) is 4. The number of aromatic nitrogens is 2. The average molecular weight is 384 g/mol. The number of hydrogen-bond donors (Lipinski definition) is 3. The molecule has 2 atom stereocenters. The molecule has 1 aliphatic heterocycles. The van der Waals surface area contributed by atoms with Gasteiger partial charge in [0, 0.05) is 31.2 Å². The van der Waals surface area contributed by atoms with Crippen LogP contribution in [0.15, 0.2) is 30.3 Å². The number of nitrogen functional groups attached to an aromatic ring is 1. The SMILES string of the molecule is CC(C)C(N)C(=O)N1CCN(c2cc(-c3ccccc3O)nnc2N)C[C@H]1C. The Morgan fingerprint density at radius 3 is 2.61 bits per heavy atom. The van der Waals surface area contributed by atoms with E-state index in [1.807, 2.05) is 37.8 Å². The van der Waals surface area contributed by atoms with Gasteiger partial charge in [0.2, 0.25) is 5.91 Å². The van der Waals surface area contributed by atoms with E-state index in [4.69, 9.17) is 11.5 Å². The topological polar surface area (TPSA) is 122 Å². The first-order valence-electron chi connectivity index (χ1n) is 9.52. The predicted molar refractivity (Wildman–Crippen MR) is 110 cm³/mol. The lowest BCUT2D eigenvalue weighted by Crippen LogP contribution is -2.58. The van der Waals surface area contributed by atoms with E-state index < -0.39 is 6.04 Å². The molecule has 2 aromatic rings. The van der Waals surface area contributed by atoms with E-state index in [9.17, 15) is 9.90 Å². The van der Waals surface area contributed by atoms with Crippen LogP contribution in [0.2, 0.25) is 0 Å². The lowest BCUT2D eigenvalue weighted by Gasteiger charge is -2.42. The fourth-order valence-electron chi connectivity index (χ4n) is 3.45. The van der Waals surface area contributed by atoms with Crippen molar-refractivity contribution in [2.75, 3.05) is 30.3 Å². The number of anilines is 2. The molecular weight excluding hydrogens is 356 g/mol. The van der Waals surface area contributed by atoms with Crippen LogP contribution in [0.4, 0.5) is 11.5 Å². The number of aromatic hydroxyl groups is 1. The molecular formula is C20H28N6O2. The maximum absolute atomic E-state index is 12.6. The van der Waals surface area contributed by atoms with Crippen LogP contribution in [-0.2, 0) is 4.79 Å². The smallest absolute Gasteiger partial charge is 0.240 e. The summed E-state index contributed by atoms with van der Waals surface area (Å²) in [7, 11) is 0. The molecule has 150 valence electrons. The molecule has 0 saturated carbocycles.